The Morgan fingerprint density at radius 1 is 1.27 bits per heavy atom. The van der Waals surface area contributed by atoms with E-state index in [0.717, 1.165) is 12.0 Å². The summed E-state index contributed by atoms with van der Waals surface area (Å²) in [4.78, 5) is 25.4. The van der Waals surface area contributed by atoms with Crippen LogP contribution >= 0.6 is 0 Å². The molecule has 0 bridgehead atoms. The minimum absolute atomic E-state index is 0.0628. The second-order valence-electron chi connectivity index (χ2n) is 6.50. The van der Waals surface area contributed by atoms with E-state index in [9.17, 15) is 19.6 Å². The van der Waals surface area contributed by atoms with Crippen LogP contribution in [0, 0.1) is 0 Å². The molecule has 0 aliphatic carbocycles. The monoisotopic (exact) mass is 362 g/mol. The lowest BCUT2D eigenvalue weighted by molar-refractivity contribution is -0.128. The normalized spacial score (nSPS) is 17.2. The number of rotatable bonds is 7. The minimum Gasteiger partial charge on any atom is -0.486 e. The number of likely N-dealkylation sites (tertiary alicyclic amines) is 1. The number of ether oxygens (including phenoxy) is 2. The first kappa shape index (κ1) is 18.5. The van der Waals surface area contributed by atoms with E-state index in [1.54, 1.807) is 23.1 Å². The molecule has 1 atom stereocenters. The topological polar surface area (TPSA) is 108 Å². The zero-order valence-corrected chi connectivity index (χ0v) is 14.5. The number of hydrogen-bond acceptors (Lipinski definition) is 6. The second kappa shape index (κ2) is 8.42. The van der Waals surface area contributed by atoms with Crippen LogP contribution < -0.4 is 14.8 Å². The van der Waals surface area contributed by atoms with Gasteiger partial charge in [0.1, 0.15) is 13.2 Å². The molecule has 1 saturated heterocycles. The molecule has 0 radical (unpaired) electrons. The number of nitrogens with one attached hydrogen (secondary N) is 1. The molecule has 2 heterocycles. The number of fused-ring (bicyclic) bond motifs is 1. The summed E-state index contributed by atoms with van der Waals surface area (Å²) in [6.07, 6.45) is 1.73. The van der Waals surface area contributed by atoms with Gasteiger partial charge in [0.05, 0.1) is 5.94 Å². The average molecular weight is 362 g/mol. The Bertz CT molecular complexity index is 669. The molecule has 0 saturated carbocycles. The van der Waals surface area contributed by atoms with E-state index in [-0.39, 0.29) is 24.7 Å². The predicted molar refractivity (Wildman–Crippen MR) is 93.7 cm³/mol. The van der Waals surface area contributed by atoms with E-state index in [1.807, 2.05) is 0 Å². The lowest BCUT2D eigenvalue weighted by Gasteiger charge is -2.22. The van der Waals surface area contributed by atoms with Crippen molar-refractivity contribution in [2.45, 2.75) is 31.6 Å². The van der Waals surface area contributed by atoms with Crippen LogP contribution in [-0.2, 0) is 16.0 Å². The Balaban J connectivity index is 1.55. The van der Waals surface area contributed by atoms with Crippen molar-refractivity contribution in [2.75, 3.05) is 26.3 Å². The van der Waals surface area contributed by atoms with Gasteiger partial charge in [0.15, 0.2) is 11.5 Å². The van der Waals surface area contributed by atoms with Crippen molar-refractivity contribution in [3.05, 3.63) is 23.8 Å². The lowest BCUT2D eigenvalue weighted by atomic mass is 9.76. The summed E-state index contributed by atoms with van der Waals surface area (Å²) in [6, 6.07) is 5.35. The third-order valence-electron chi connectivity index (χ3n) is 4.55. The van der Waals surface area contributed by atoms with Crippen molar-refractivity contribution < 1.29 is 29.1 Å². The molecule has 1 aromatic carbocycles. The molecule has 26 heavy (non-hydrogen) atoms. The predicted octanol–water partition coefficient (Wildman–Crippen LogP) is -0.490. The summed E-state index contributed by atoms with van der Waals surface area (Å²) >= 11 is 0. The SMILES string of the molecule is O=C(CCN1CCCC1=O)NC(Cc1ccc2c(c1)OCCO2)B(O)O. The van der Waals surface area contributed by atoms with Crippen molar-refractivity contribution >= 4 is 18.9 Å². The molecular formula is C17H23BN2O6. The van der Waals surface area contributed by atoms with Crippen LogP contribution in [0.4, 0.5) is 0 Å². The molecule has 1 fully saturated rings. The van der Waals surface area contributed by atoms with Crippen LogP contribution in [0.2, 0.25) is 0 Å². The molecule has 1 unspecified atom stereocenters. The highest BCUT2D eigenvalue weighted by Crippen LogP contribution is 2.31. The third-order valence-corrected chi connectivity index (χ3v) is 4.55. The van der Waals surface area contributed by atoms with Crippen molar-refractivity contribution in [1.82, 2.24) is 10.2 Å². The number of carbonyl (C=O) groups is 2. The fourth-order valence-corrected chi connectivity index (χ4v) is 3.16. The molecule has 2 aliphatic rings. The largest absolute Gasteiger partial charge is 0.486 e. The number of hydrogen-bond donors (Lipinski definition) is 3. The Morgan fingerprint density at radius 2 is 2.04 bits per heavy atom. The molecule has 1 aromatic rings. The molecule has 3 N–H and O–H groups in total. The first-order valence-electron chi connectivity index (χ1n) is 8.85. The quantitative estimate of drug-likeness (QED) is 0.565. The Labute approximate surface area is 152 Å². The summed E-state index contributed by atoms with van der Waals surface area (Å²) < 4.78 is 11.0. The number of carbonyl (C=O) groups excluding carboxylic acids is 2. The highest BCUT2D eigenvalue weighted by atomic mass is 16.6. The first-order valence-corrected chi connectivity index (χ1v) is 8.85. The second-order valence-corrected chi connectivity index (χ2v) is 6.50. The van der Waals surface area contributed by atoms with Gasteiger partial charge in [0.2, 0.25) is 11.8 Å². The Kier molecular flexibility index (Phi) is 6.00. The zero-order chi connectivity index (χ0) is 18.5. The molecule has 8 nitrogen and oxygen atoms in total. The minimum atomic E-state index is -1.69. The summed E-state index contributed by atoms with van der Waals surface area (Å²) in [5.41, 5.74) is 0.794. The van der Waals surface area contributed by atoms with Crippen LogP contribution in [0.15, 0.2) is 18.2 Å². The summed E-state index contributed by atoms with van der Waals surface area (Å²) in [7, 11) is -1.69. The van der Waals surface area contributed by atoms with E-state index >= 15 is 0 Å². The molecule has 140 valence electrons. The molecular weight excluding hydrogens is 339 g/mol. The van der Waals surface area contributed by atoms with Gasteiger partial charge in [0.25, 0.3) is 0 Å². The Hall–Kier alpha value is -2.26. The molecule has 2 aliphatic heterocycles. The molecule has 0 aromatic heterocycles. The van der Waals surface area contributed by atoms with Crippen LogP contribution in [-0.4, -0.2) is 66.1 Å². The van der Waals surface area contributed by atoms with Gasteiger partial charge in [-0.1, -0.05) is 6.07 Å². The van der Waals surface area contributed by atoms with Gasteiger partial charge in [0, 0.05) is 25.9 Å². The standard InChI is InChI=1S/C17H23BN2O6/c21-16(5-7-20-6-1-2-17(20)22)19-15(18(23)24)11-12-3-4-13-14(10-12)26-9-8-25-13/h3-4,10,15,23-24H,1-2,5-9,11H2,(H,19,21). The van der Waals surface area contributed by atoms with E-state index < -0.39 is 13.1 Å². The molecule has 2 amide bonds. The van der Waals surface area contributed by atoms with Crippen LogP contribution in [0.3, 0.4) is 0 Å². The van der Waals surface area contributed by atoms with Crippen LogP contribution in [0.5, 0.6) is 11.5 Å². The van der Waals surface area contributed by atoms with E-state index in [1.165, 1.54) is 0 Å². The third kappa shape index (κ3) is 4.67. The van der Waals surface area contributed by atoms with Gasteiger partial charge in [-0.15, -0.1) is 0 Å². The average Bonchev–Trinajstić information content (AvgIpc) is 3.04. The zero-order valence-electron chi connectivity index (χ0n) is 14.5. The smallest absolute Gasteiger partial charge is 0.475 e. The summed E-state index contributed by atoms with van der Waals surface area (Å²) in [5, 5.41) is 21.8. The van der Waals surface area contributed by atoms with E-state index in [0.29, 0.717) is 44.2 Å². The van der Waals surface area contributed by atoms with Gasteiger partial charge < -0.3 is 29.7 Å². The van der Waals surface area contributed by atoms with Gasteiger partial charge in [-0.2, -0.15) is 0 Å². The fraction of sp³-hybridized carbons (Fsp3) is 0.529. The Morgan fingerprint density at radius 3 is 2.73 bits per heavy atom. The highest BCUT2D eigenvalue weighted by molar-refractivity contribution is 6.43. The van der Waals surface area contributed by atoms with E-state index in [4.69, 9.17) is 9.47 Å². The van der Waals surface area contributed by atoms with Gasteiger partial charge >= 0.3 is 7.12 Å². The maximum absolute atomic E-state index is 12.1. The van der Waals surface area contributed by atoms with Crippen LogP contribution in [0.25, 0.3) is 0 Å². The summed E-state index contributed by atoms with van der Waals surface area (Å²) in [5.74, 6) is 0.159. The van der Waals surface area contributed by atoms with Crippen molar-refractivity contribution in [3.8, 4) is 11.5 Å². The van der Waals surface area contributed by atoms with Gasteiger partial charge in [-0.3, -0.25) is 9.59 Å². The highest BCUT2D eigenvalue weighted by Gasteiger charge is 2.27. The van der Waals surface area contributed by atoms with Crippen LogP contribution in [0.1, 0.15) is 24.8 Å². The fourth-order valence-electron chi connectivity index (χ4n) is 3.16. The maximum atomic E-state index is 12.1. The van der Waals surface area contributed by atoms with Gasteiger partial charge in [-0.05, 0) is 30.5 Å². The van der Waals surface area contributed by atoms with Crippen molar-refractivity contribution in [3.63, 3.8) is 0 Å². The number of benzene rings is 1. The summed E-state index contributed by atoms with van der Waals surface area (Å²) in [6.45, 7) is 1.99. The molecule has 9 heteroatoms. The van der Waals surface area contributed by atoms with Crippen molar-refractivity contribution in [2.24, 2.45) is 0 Å². The lowest BCUT2D eigenvalue weighted by Crippen LogP contribution is -2.48. The first-order chi connectivity index (χ1) is 12.5. The number of nitrogens with zero attached hydrogens (tertiary/aromatic N) is 1. The van der Waals surface area contributed by atoms with Crippen molar-refractivity contribution in [1.29, 1.82) is 0 Å². The maximum Gasteiger partial charge on any atom is 0.475 e. The molecule has 3 rings (SSSR count). The van der Waals surface area contributed by atoms with Gasteiger partial charge in [-0.25, -0.2) is 0 Å². The van der Waals surface area contributed by atoms with E-state index in [2.05, 4.69) is 5.32 Å². The number of amides is 2. The molecule has 0 spiro atoms.